The summed E-state index contributed by atoms with van der Waals surface area (Å²) in [7, 11) is 6.73. The van der Waals surface area contributed by atoms with Crippen molar-refractivity contribution in [3.05, 3.63) is 64.8 Å². The SMILES string of the molecule is CCN(CC)c1ccc(N=Nc2c(Cl)c(C)n(C)[n+]2-c2ccccc2)c(C)c1.[Cl][Zn-]. The molecule has 3 rings (SSSR count). The van der Waals surface area contributed by atoms with Gasteiger partial charge >= 0.3 is 32.8 Å². The Kier molecular flexibility index (Phi) is 9.48. The van der Waals surface area contributed by atoms with Gasteiger partial charge in [-0.15, -0.1) is 4.68 Å². The first-order chi connectivity index (χ1) is 14.5. The maximum absolute atomic E-state index is 6.58. The Morgan fingerprint density at radius 3 is 2.20 bits per heavy atom. The van der Waals surface area contributed by atoms with Crippen LogP contribution in [0.25, 0.3) is 5.69 Å². The fraction of sp³-hybridized carbons (Fsp3) is 0.318. The van der Waals surface area contributed by atoms with Crippen LogP contribution >= 0.6 is 21.3 Å². The number of hydrogen-bond donors (Lipinski definition) is 0. The zero-order chi connectivity index (χ0) is 22.3. The number of aryl methyl sites for hydroxylation is 1. The van der Waals surface area contributed by atoms with Crippen LogP contribution in [0.4, 0.5) is 17.2 Å². The van der Waals surface area contributed by atoms with Crippen molar-refractivity contribution in [2.45, 2.75) is 27.7 Å². The molecule has 156 valence electrons. The van der Waals surface area contributed by atoms with Crippen molar-refractivity contribution in [1.29, 1.82) is 0 Å². The van der Waals surface area contributed by atoms with Crippen molar-refractivity contribution in [1.82, 2.24) is 4.68 Å². The third kappa shape index (κ3) is 5.29. The van der Waals surface area contributed by atoms with E-state index in [0.717, 1.165) is 53.0 Å². The topological polar surface area (TPSA) is 36.8 Å². The number of para-hydroxylation sites is 1. The zero-order valence-corrected chi connectivity index (χ0v) is 22.7. The molecule has 0 saturated heterocycles. The van der Waals surface area contributed by atoms with E-state index >= 15 is 0 Å². The van der Waals surface area contributed by atoms with Gasteiger partial charge in [-0.05, 0) is 68.7 Å². The minimum absolute atomic E-state index is 0.604. The Bertz CT molecular complexity index is 999. The van der Waals surface area contributed by atoms with E-state index in [4.69, 9.17) is 21.3 Å². The molecule has 0 spiro atoms. The molecule has 0 unspecified atom stereocenters. The molecule has 0 atom stereocenters. The van der Waals surface area contributed by atoms with Gasteiger partial charge in [0.2, 0.25) is 0 Å². The van der Waals surface area contributed by atoms with E-state index in [1.54, 1.807) is 0 Å². The molecule has 5 nitrogen and oxygen atoms in total. The van der Waals surface area contributed by atoms with Crippen LogP contribution in [0.15, 0.2) is 58.8 Å². The van der Waals surface area contributed by atoms with E-state index in [-0.39, 0.29) is 0 Å². The van der Waals surface area contributed by atoms with Gasteiger partial charge in [-0.3, -0.25) is 0 Å². The van der Waals surface area contributed by atoms with Crippen LogP contribution in [0.1, 0.15) is 25.1 Å². The molecule has 30 heavy (non-hydrogen) atoms. The summed E-state index contributed by atoms with van der Waals surface area (Å²) in [5.74, 6) is 0.625. The fourth-order valence-corrected chi connectivity index (χ4v) is 3.52. The molecule has 0 aliphatic carbocycles. The van der Waals surface area contributed by atoms with Gasteiger partial charge in [-0.2, -0.15) is 0 Å². The molecule has 0 aliphatic heterocycles. The van der Waals surface area contributed by atoms with Gasteiger partial charge in [0.05, 0.1) is 10.8 Å². The Labute approximate surface area is 198 Å². The van der Waals surface area contributed by atoms with E-state index in [0.29, 0.717) is 10.8 Å². The van der Waals surface area contributed by atoms with E-state index in [2.05, 4.69) is 48.0 Å². The number of aromatic nitrogens is 2. The van der Waals surface area contributed by atoms with Gasteiger partial charge in [0.1, 0.15) is 5.69 Å². The van der Waals surface area contributed by atoms with Crippen molar-refractivity contribution >= 4 is 38.5 Å². The average Bonchev–Trinajstić information content (AvgIpc) is 2.99. The van der Waals surface area contributed by atoms with Crippen LogP contribution in [-0.4, -0.2) is 17.8 Å². The molecule has 0 N–H and O–H groups in total. The molecule has 1 aromatic heterocycles. The van der Waals surface area contributed by atoms with Gasteiger partial charge in [0.25, 0.3) is 0 Å². The first kappa shape index (κ1) is 24.5. The molecule has 8 heteroatoms. The second-order valence-electron chi connectivity index (χ2n) is 6.74. The predicted molar refractivity (Wildman–Crippen MR) is 121 cm³/mol. The van der Waals surface area contributed by atoms with Crippen molar-refractivity contribution in [2.24, 2.45) is 17.3 Å². The van der Waals surface area contributed by atoms with E-state index in [9.17, 15) is 0 Å². The molecule has 0 amide bonds. The molecule has 0 aliphatic rings. The maximum atomic E-state index is 6.58. The number of rotatable bonds is 6. The second-order valence-corrected chi connectivity index (χ2v) is 7.12. The molecule has 0 fully saturated rings. The van der Waals surface area contributed by atoms with Crippen molar-refractivity contribution in [3.63, 3.8) is 0 Å². The molecular weight excluding hydrogens is 471 g/mol. The van der Waals surface area contributed by atoms with E-state index < -0.39 is 0 Å². The summed E-state index contributed by atoms with van der Waals surface area (Å²) in [5, 5.41) is 9.65. The van der Waals surface area contributed by atoms with Crippen LogP contribution in [0.2, 0.25) is 5.02 Å². The quantitative estimate of drug-likeness (QED) is 0.217. The number of hydrogen-bond acceptors (Lipinski definition) is 3. The Hall–Kier alpha value is -1.75. The first-order valence-electron chi connectivity index (χ1n) is 9.84. The van der Waals surface area contributed by atoms with Gasteiger partial charge in [0.15, 0.2) is 10.7 Å². The summed E-state index contributed by atoms with van der Waals surface area (Å²) in [6.07, 6.45) is 0. The molecule has 2 aromatic carbocycles. The molecular formula is C22H27Cl2N5Zn. The summed E-state index contributed by atoms with van der Waals surface area (Å²) in [6, 6.07) is 16.3. The monoisotopic (exact) mass is 495 g/mol. The summed E-state index contributed by atoms with van der Waals surface area (Å²) < 4.78 is 3.96. The number of halogens is 2. The van der Waals surface area contributed by atoms with E-state index in [1.807, 2.05) is 59.7 Å². The van der Waals surface area contributed by atoms with Crippen molar-refractivity contribution < 1.29 is 22.0 Å². The van der Waals surface area contributed by atoms with Crippen LogP contribution in [0.5, 0.6) is 0 Å². The van der Waals surface area contributed by atoms with Gasteiger partial charge < -0.3 is 4.90 Å². The number of anilines is 1. The van der Waals surface area contributed by atoms with Crippen LogP contribution < -0.4 is 9.58 Å². The Balaban J connectivity index is 0.00000155. The molecule has 0 radical (unpaired) electrons. The van der Waals surface area contributed by atoms with Crippen LogP contribution in [0.3, 0.4) is 0 Å². The third-order valence-corrected chi connectivity index (χ3v) is 5.50. The van der Waals surface area contributed by atoms with Crippen molar-refractivity contribution in [2.75, 3.05) is 18.0 Å². The standard InChI is InChI=1S/C22H27ClN5.ClH.Zn/c1-6-27(7-2)19-13-14-20(16(3)15-19)24-25-22-21(23)17(4)26(5)28(22)18-11-9-8-10-12-18;;/h8-15H,6-7H2,1-5H3;1H;/q+1;;/p-1. The van der Waals surface area contributed by atoms with Gasteiger partial charge in [-0.1, -0.05) is 29.8 Å². The fourth-order valence-electron chi connectivity index (χ4n) is 3.28. The zero-order valence-electron chi connectivity index (χ0n) is 18.2. The van der Waals surface area contributed by atoms with Gasteiger partial charge in [0, 0.05) is 25.8 Å². The number of benzene rings is 2. The third-order valence-electron chi connectivity index (χ3n) is 5.06. The number of azo groups is 1. The van der Waals surface area contributed by atoms with Crippen molar-refractivity contribution in [3.8, 4) is 5.69 Å². The minimum atomic E-state index is 0.604. The summed E-state index contributed by atoms with van der Waals surface area (Å²) in [5.41, 5.74) is 5.06. The van der Waals surface area contributed by atoms with Gasteiger partial charge in [-0.25, -0.2) is 4.68 Å². The van der Waals surface area contributed by atoms with Crippen LogP contribution in [-0.2, 0) is 24.4 Å². The molecule has 0 bridgehead atoms. The second kappa shape index (κ2) is 11.6. The molecule has 3 aromatic rings. The molecule has 0 saturated carbocycles. The summed E-state index contributed by atoms with van der Waals surface area (Å²) in [6.45, 7) is 10.3. The number of nitrogens with zero attached hydrogens (tertiary/aromatic N) is 5. The summed E-state index contributed by atoms with van der Waals surface area (Å²) >= 11 is 7.42. The first-order valence-corrected chi connectivity index (χ1v) is 14.1. The predicted octanol–water partition coefficient (Wildman–Crippen LogP) is 6.52. The Morgan fingerprint density at radius 1 is 1.00 bits per heavy atom. The van der Waals surface area contributed by atoms with Crippen LogP contribution in [0, 0.1) is 13.8 Å². The molecule has 1 heterocycles. The Morgan fingerprint density at radius 2 is 1.63 bits per heavy atom. The normalized spacial score (nSPS) is 10.7. The average molecular weight is 498 g/mol. The van der Waals surface area contributed by atoms with E-state index in [1.165, 1.54) is 5.69 Å². The summed E-state index contributed by atoms with van der Waals surface area (Å²) in [4.78, 5) is 2.31.